The minimum Gasteiger partial charge on any atom is -0.314 e. The zero-order chi connectivity index (χ0) is 11.5. The van der Waals surface area contributed by atoms with E-state index in [1.54, 1.807) is 0 Å². The summed E-state index contributed by atoms with van der Waals surface area (Å²) >= 11 is 0. The van der Waals surface area contributed by atoms with Crippen LogP contribution in [0.15, 0.2) is 0 Å². The number of hydrogen-bond donors (Lipinski definition) is 1. The molecular formula is C14H30N. The summed E-state index contributed by atoms with van der Waals surface area (Å²) in [4.78, 5) is 0. The van der Waals surface area contributed by atoms with Crippen LogP contribution < -0.4 is 5.32 Å². The zero-order valence-corrected chi connectivity index (χ0v) is 11.0. The Bertz CT molecular complexity index is 121. The van der Waals surface area contributed by atoms with E-state index in [1.807, 2.05) is 0 Å². The highest BCUT2D eigenvalue weighted by atomic mass is 14.9. The molecule has 1 heteroatoms. The fourth-order valence-corrected chi connectivity index (χ4v) is 1.83. The lowest BCUT2D eigenvalue weighted by Gasteiger charge is -2.19. The van der Waals surface area contributed by atoms with Crippen LogP contribution in [0.1, 0.15) is 65.7 Å². The average Bonchev–Trinajstić information content (AvgIpc) is 2.21. The zero-order valence-electron chi connectivity index (χ0n) is 11.0. The third-order valence-electron chi connectivity index (χ3n) is 2.86. The molecule has 0 bridgehead atoms. The number of rotatable bonds is 10. The van der Waals surface area contributed by atoms with Gasteiger partial charge in [-0.15, -0.1) is 0 Å². The molecule has 1 N–H and O–H groups in total. The Balaban J connectivity index is 3.63. The molecule has 15 heavy (non-hydrogen) atoms. The standard InChI is InChI=1S/C14H30N/c1-5-7-8-9-14(15-12-6-2)11-10-13(3)4/h13-15H,2,5-12H2,1,3-4H3. The van der Waals surface area contributed by atoms with Gasteiger partial charge in [-0.3, -0.25) is 0 Å². The summed E-state index contributed by atoms with van der Waals surface area (Å²) in [5.74, 6) is 0.834. The molecule has 0 fully saturated rings. The lowest BCUT2D eigenvalue weighted by Crippen LogP contribution is -2.30. The molecule has 0 aromatic heterocycles. The van der Waals surface area contributed by atoms with Crippen LogP contribution in [-0.2, 0) is 0 Å². The monoisotopic (exact) mass is 212 g/mol. The topological polar surface area (TPSA) is 12.0 Å². The van der Waals surface area contributed by atoms with E-state index >= 15 is 0 Å². The van der Waals surface area contributed by atoms with Gasteiger partial charge in [-0.2, -0.15) is 0 Å². The molecule has 0 rings (SSSR count). The van der Waals surface area contributed by atoms with Crippen molar-refractivity contribution in [1.29, 1.82) is 0 Å². The van der Waals surface area contributed by atoms with Crippen LogP contribution in [0.25, 0.3) is 0 Å². The van der Waals surface area contributed by atoms with Crippen molar-refractivity contribution in [3.8, 4) is 0 Å². The lowest BCUT2D eigenvalue weighted by molar-refractivity contribution is 0.400. The minimum atomic E-state index is 0.737. The Hall–Kier alpha value is -0.0400. The summed E-state index contributed by atoms with van der Waals surface area (Å²) in [5, 5.41) is 3.62. The molecule has 0 aromatic rings. The molecule has 91 valence electrons. The van der Waals surface area contributed by atoms with Crippen LogP contribution >= 0.6 is 0 Å². The molecule has 0 aliphatic rings. The summed E-state index contributed by atoms with van der Waals surface area (Å²) < 4.78 is 0. The van der Waals surface area contributed by atoms with Gasteiger partial charge in [-0.1, -0.05) is 47.0 Å². The van der Waals surface area contributed by atoms with Gasteiger partial charge in [0.1, 0.15) is 0 Å². The van der Waals surface area contributed by atoms with Gasteiger partial charge in [0.15, 0.2) is 0 Å². The molecule has 0 saturated heterocycles. The Morgan fingerprint density at radius 3 is 2.33 bits per heavy atom. The second-order valence-electron chi connectivity index (χ2n) is 4.97. The van der Waals surface area contributed by atoms with Gasteiger partial charge in [-0.05, 0) is 38.1 Å². The first-order chi connectivity index (χ1) is 7.20. The SMILES string of the molecule is [CH2]CCNC(CCCCC)CCC(C)C. The molecule has 1 atom stereocenters. The van der Waals surface area contributed by atoms with E-state index in [1.165, 1.54) is 38.5 Å². The van der Waals surface area contributed by atoms with Crippen LogP contribution in [0.3, 0.4) is 0 Å². The largest absolute Gasteiger partial charge is 0.314 e. The van der Waals surface area contributed by atoms with Gasteiger partial charge in [0.2, 0.25) is 0 Å². The number of hydrogen-bond acceptors (Lipinski definition) is 1. The second-order valence-corrected chi connectivity index (χ2v) is 4.97. The average molecular weight is 212 g/mol. The normalized spacial score (nSPS) is 13.4. The lowest BCUT2D eigenvalue weighted by atomic mass is 9.99. The van der Waals surface area contributed by atoms with Gasteiger partial charge in [-0.25, -0.2) is 0 Å². The molecule has 1 unspecified atom stereocenters. The van der Waals surface area contributed by atoms with E-state index in [-0.39, 0.29) is 0 Å². The smallest absolute Gasteiger partial charge is 0.00671 e. The fraction of sp³-hybridized carbons (Fsp3) is 0.929. The van der Waals surface area contributed by atoms with Crippen molar-refractivity contribution < 1.29 is 0 Å². The maximum absolute atomic E-state index is 3.89. The first kappa shape index (κ1) is 15.0. The maximum Gasteiger partial charge on any atom is 0.00671 e. The van der Waals surface area contributed by atoms with E-state index in [0.717, 1.165) is 24.9 Å². The van der Waals surface area contributed by atoms with Crippen LogP contribution in [0.2, 0.25) is 0 Å². The molecule has 1 radical (unpaired) electrons. The van der Waals surface area contributed by atoms with Crippen molar-refractivity contribution in [2.45, 2.75) is 71.8 Å². The predicted molar refractivity (Wildman–Crippen MR) is 70.0 cm³/mol. The van der Waals surface area contributed by atoms with E-state index < -0.39 is 0 Å². The van der Waals surface area contributed by atoms with Crippen LogP contribution in [-0.4, -0.2) is 12.6 Å². The summed E-state index contributed by atoms with van der Waals surface area (Å²) in [6, 6.07) is 0.737. The van der Waals surface area contributed by atoms with Crippen molar-refractivity contribution >= 4 is 0 Å². The maximum atomic E-state index is 3.89. The van der Waals surface area contributed by atoms with Gasteiger partial charge in [0.25, 0.3) is 0 Å². The molecule has 0 aliphatic heterocycles. The summed E-state index contributed by atoms with van der Waals surface area (Å²) in [6.07, 6.45) is 9.12. The van der Waals surface area contributed by atoms with Gasteiger partial charge < -0.3 is 5.32 Å². The molecule has 0 amide bonds. The van der Waals surface area contributed by atoms with Gasteiger partial charge in [0.05, 0.1) is 0 Å². The van der Waals surface area contributed by atoms with Gasteiger partial charge >= 0.3 is 0 Å². The molecule has 0 heterocycles. The van der Waals surface area contributed by atoms with Crippen molar-refractivity contribution in [3.63, 3.8) is 0 Å². The van der Waals surface area contributed by atoms with Crippen LogP contribution in [0.5, 0.6) is 0 Å². The molecular weight excluding hydrogens is 182 g/mol. The predicted octanol–water partition coefficient (Wildman–Crippen LogP) is 4.19. The third kappa shape index (κ3) is 10.2. The highest BCUT2D eigenvalue weighted by molar-refractivity contribution is 4.68. The minimum absolute atomic E-state index is 0.737. The van der Waals surface area contributed by atoms with Gasteiger partial charge in [0, 0.05) is 6.04 Å². The van der Waals surface area contributed by atoms with Crippen LogP contribution in [0.4, 0.5) is 0 Å². The quantitative estimate of drug-likeness (QED) is 0.536. The molecule has 0 spiro atoms. The second kappa shape index (κ2) is 10.5. The Kier molecular flexibility index (Phi) is 10.4. The first-order valence-electron chi connectivity index (χ1n) is 6.73. The summed E-state index contributed by atoms with van der Waals surface area (Å²) in [6.45, 7) is 11.9. The molecule has 0 aromatic carbocycles. The van der Waals surface area contributed by atoms with E-state index in [2.05, 4.69) is 33.0 Å². The first-order valence-corrected chi connectivity index (χ1v) is 6.73. The fourth-order valence-electron chi connectivity index (χ4n) is 1.83. The molecule has 0 saturated carbocycles. The van der Waals surface area contributed by atoms with E-state index in [4.69, 9.17) is 0 Å². The van der Waals surface area contributed by atoms with E-state index in [9.17, 15) is 0 Å². The Morgan fingerprint density at radius 2 is 1.80 bits per heavy atom. The Morgan fingerprint density at radius 1 is 1.07 bits per heavy atom. The summed E-state index contributed by atoms with van der Waals surface area (Å²) in [5.41, 5.74) is 0. The van der Waals surface area contributed by atoms with E-state index in [0.29, 0.717) is 0 Å². The van der Waals surface area contributed by atoms with Crippen molar-refractivity contribution in [2.24, 2.45) is 5.92 Å². The number of unbranched alkanes of at least 4 members (excludes halogenated alkanes) is 2. The Labute approximate surface area is 97.0 Å². The van der Waals surface area contributed by atoms with Crippen molar-refractivity contribution in [1.82, 2.24) is 5.32 Å². The van der Waals surface area contributed by atoms with Crippen molar-refractivity contribution in [3.05, 3.63) is 6.92 Å². The summed E-state index contributed by atoms with van der Waals surface area (Å²) in [7, 11) is 0. The molecule has 1 nitrogen and oxygen atoms in total. The van der Waals surface area contributed by atoms with Crippen molar-refractivity contribution in [2.75, 3.05) is 6.54 Å². The highest BCUT2D eigenvalue weighted by Crippen LogP contribution is 2.12. The molecule has 0 aliphatic carbocycles. The van der Waals surface area contributed by atoms with Crippen LogP contribution in [0, 0.1) is 12.8 Å². The number of nitrogens with one attached hydrogen (secondary N) is 1. The highest BCUT2D eigenvalue weighted by Gasteiger charge is 2.07. The third-order valence-corrected chi connectivity index (χ3v) is 2.86.